The van der Waals surface area contributed by atoms with Crippen LogP contribution in [0.25, 0.3) is 0 Å². The Balaban J connectivity index is 2.25. The molecule has 1 heterocycles. The fourth-order valence-electron chi connectivity index (χ4n) is 1.57. The largest absolute Gasteiger partial charge is 0.481 e. The highest BCUT2D eigenvalue weighted by Crippen LogP contribution is 2.15. The Kier molecular flexibility index (Phi) is 4.07. The molecule has 0 amide bonds. The van der Waals surface area contributed by atoms with Gasteiger partial charge in [-0.25, -0.2) is 4.39 Å². The van der Waals surface area contributed by atoms with Gasteiger partial charge < -0.3 is 9.15 Å². The molecule has 0 radical (unpaired) electrons. The monoisotopic (exact) mass is 262 g/mol. The highest BCUT2D eigenvalue weighted by atomic mass is 19.1. The molecule has 0 saturated heterocycles. The van der Waals surface area contributed by atoms with Gasteiger partial charge in [0.1, 0.15) is 19.0 Å². The van der Waals surface area contributed by atoms with Crippen LogP contribution in [0.4, 0.5) is 4.39 Å². The number of rotatable bonds is 5. The number of hydrogen-bond donors (Lipinski definition) is 0. The zero-order chi connectivity index (χ0) is 13.7. The number of benzene rings is 1. The third-order valence-corrected chi connectivity index (χ3v) is 2.45. The topological polar surface area (TPSA) is 56.5 Å². The van der Waals surface area contributed by atoms with Gasteiger partial charge in [-0.3, -0.25) is 9.59 Å². The Labute approximate surface area is 108 Å². The number of alkyl halides is 1. The van der Waals surface area contributed by atoms with E-state index in [2.05, 4.69) is 0 Å². The lowest BCUT2D eigenvalue weighted by atomic mass is 10.2. The minimum atomic E-state index is -0.949. The summed E-state index contributed by atoms with van der Waals surface area (Å²) >= 11 is 0. The molecule has 0 aliphatic heterocycles. The normalized spacial score (nSPS) is 10.2. The Morgan fingerprint density at radius 2 is 2.00 bits per heavy atom. The van der Waals surface area contributed by atoms with Crippen LogP contribution in [0, 0.1) is 0 Å². The molecule has 0 atom stereocenters. The number of hydrogen-bond acceptors (Lipinski definition) is 4. The molecular weight excluding hydrogens is 251 g/mol. The molecule has 0 spiro atoms. The molecule has 0 unspecified atom stereocenters. The van der Waals surface area contributed by atoms with Gasteiger partial charge in [0.2, 0.25) is 16.9 Å². The van der Waals surface area contributed by atoms with E-state index in [0.29, 0.717) is 6.29 Å². The average Bonchev–Trinajstić information content (AvgIpc) is 2.46. The smallest absolute Gasteiger partial charge is 0.227 e. The summed E-state index contributed by atoms with van der Waals surface area (Å²) in [6, 6.07) is 10.1. The fourth-order valence-corrected chi connectivity index (χ4v) is 1.57. The van der Waals surface area contributed by atoms with Gasteiger partial charge in [-0.15, -0.1) is 0 Å². The number of carbonyl (C=O) groups excluding carboxylic acids is 1. The summed E-state index contributed by atoms with van der Waals surface area (Å²) in [5.41, 5.74) is 0.269. The molecule has 0 fully saturated rings. The molecular formula is C14H11FO4. The highest BCUT2D eigenvalue weighted by Gasteiger charge is 2.13. The van der Waals surface area contributed by atoms with Crippen LogP contribution in [-0.4, -0.2) is 6.29 Å². The second-order valence-electron chi connectivity index (χ2n) is 3.80. The van der Waals surface area contributed by atoms with Crippen molar-refractivity contribution in [3.8, 4) is 5.75 Å². The van der Waals surface area contributed by atoms with Gasteiger partial charge >= 0.3 is 0 Å². The zero-order valence-electron chi connectivity index (χ0n) is 9.97. The minimum Gasteiger partial charge on any atom is -0.481 e. The number of carbonyl (C=O) groups is 1. The predicted octanol–water partition coefficient (Wildman–Crippen LogP) is 2.50. The van der Waals surface area contributed by atoms with Gasteiger partial charge in [-0.05, 0) is 5.56 Å². The lowest BCUT2D eigenvalue weighted by Gasteiger charge is -2.07. The van der Waals surface area contributed by atoms with Crippen molar-refractivity contribution in [3.05, 3.63) is 63.7 Å². The molecule has 0 aliphatic carbocycles. The summed E-state index contributed by atoms with van der Waals surface area (Å²) in [4.78, 5) is 22.5. The van der Waals surface area contributed by atoms with E-state index in [1.54, 1.807) is 0 Å². The van der Waals surface area contributed by atoms with Crippen molar-refractivity contribution in [3.63, 3.8) is 0 Å². The van der Waals surface area contributed by atoms with Crippen LogP contribution in [0.15, 0.2) is 45.6 Å². The van der Waals surface area contributed by atoms with Crippen molar-refractivity contribution < 1.29 is 18.3 Å². The second kappa shape index (κ2) is 5.95. The van der Waals surface area contributed by atoms with Crippen LogP contribution in [0.5, 0.6) is 5.75 Å². The van der Waals surface area contributed by atoms with E-state index in [4.69, 9.17) is 9.15 Å². The molecule has 98 valence electrons. The van der Waals surface area contributed by atoms with Gasteiger partial charge in [-0.2, -0.15) is 0 Å². The molecule has 5 heteroatoms. The number of ether oxygens (including phenoxy) is 1. The van der Waals surface area contributed by atoms with Crippen molar-refractivity contribution in [1.82, 2.24) is 0 Å². The van der Waals surface area contributed by atoms with Crippen LogP contribution in [0.3, 0.4) is 0 Å². The van der Waals surface area contributed by atoms with E-state index < -0.39 is 12.1 Å². The van der Waals surface area contributed by atoms with Crippen molar-refractivity contribution in [2.45, 2.75) is 13.3 Å². The third-order valence-electron chi connectivity index (χ3n) is 2.45. The van der Waals surface area contributed by atoms with Crippen LogP contribution in [0.2, 0.25) is 0 Å². The van der Waals surface area contributed by atoms with E-state index in [9.17, 15) is 14.0 Å². The summed E-state index contributed by atoms with van der Waals surface area (Å²) in [7, 11) is 0. The minimum absolute atomic E-state index is 0.126. The summed E-state index contributed by atoms with van der Waals surface area (Å²) in [5.74, 6) is -0.689. The Hall–Kier alpha value is -2.43. The lowest BCUT2D eigenvalue weighted by Crippen LogP contribution is -2.11. The standard InChI is InChI=1S/C14H11FO4/c15-7-11-6-12(17)14(13(8-16)19-11)18-9-10-4-2-1-3-5-10/h1-6,8H,7,9H2. The van der Waals surface area contributed by atoms with Gasteiger partial charge in [-0.1, -0.05) is 30.3 Å². The summed E-state index contributed by atoms with van der Waals surface area (Å²) in [5, 5.41) is 0. The van der Waals surface area contributed by atoms with Gasteiger partial charge in [0.25, 0.3) is 0 Å². The van der Waals surface area contributed by atoms with Crippen LogP contribution >= 0.6 is 0 Å². The van der Waals surface area contributed by atoms with E-state index in [1.165, 1.54) is 0 Å². The Bertz CT molecular complexity index is 619. The molecule has 19 heavy (non-hydrogen) atoms. The van der Waals surface area contributed by atoms with E-state index in [0.717, 1.165) is 11.6 Å². The van der Waals surface area contributed by atoms with Gasteiger partial charge in [0.05, 0.1) is 0 Å². The second-order valence-corrected chi connectivity index (χ2v) is 3.80. The first kappa shape index (κ1) is 13.0. The van der Waals surface area contributed by atoms with E-state index >= 15 is 0 Å². The first-order valence-electron chi connectivity index (χ1n) is 5.59. The van der Waals surface area contributed by atoms with Crippen molar-refractivity contribution >= 4 is 6.29 Å². The quantitative estimate of drug-likeness (QED) is 0.777. The number of aldehydes is 1. The van der Waals surface area contributed by atoms with Crippen LogP contribution in [-0.2, 0) is 13.3 Å². The first-order chi connectivity index (χ1) is 9.24. The van der Waals surface area contributed by atoms with Crippen LogP contribution < -0.4 is 10.2 Å². The van der Waals surface area contributed by atoms with Crippen LogP contribution in [0.1, 0.15) is 21.9 Å². The molecule has 0 N–H and O–H groups in total. The Morgan fingerprint density at radius 3 is 2.63 bits per heavy atom. The molecule has 2 rings (SSSR count). The lowest BCUT2D eigenvalue weighted by molar-refractivity contribution is 0.108. The Morgan fingerprint density at radius 1 is 1.26 bits per heavy atom. The van der Waals surface area contributed by atoms with Crippen molar-refractivity contribution in [2.24, 2.45) is 0 Å². The molecule has 4 nitrogen and oxygen atoms in total. The maximum atomic E-state index is 12.4. The third kappa shape index (κ3) is 3.07. The first-order valence-corrected chi connectivity index (χ1v) is 5.59. The van der Waals surface area contributed by atoms with Gasteiger partial charge in [0, 0.05) is 6.07 Å². The van der Waals surface area contributed by atoms with Gasteiger partial charge in [0.15, 0.2) is 6.29 Å². The molecule has 2 aromatic rings. The van der Waals surface area contributed by atoms with E-state index in [1.807, 2.05) is 30.3 Å². The molecule has 0 bridgehead atoms. The molecule has 0 aliphatic rings. The maximum absolute atomic E-state index is 12.4. The van der Waals surface area contributed by atoms with Crippen molar-refractivity contribution in [2.75, 3.05) is 0 Å². The molecule has 0 saturated carbocycles. The highest BCUT2D eigenvalue weighted by molar-refractivity contribution is 5.74. The van der Waals surface area contributed by atoms with Crippen molar-refractivity contribution in [1.29, 1.82) is 0 Å². The fraction of sp³-hybridized carbons (Fsp3) is 0.143. The average molecular weight is 262 g/mol. The zero-order valence-corrected chi connectivity index (χ0v) is 9.97. The summed E-state index contributed by atoms with van der Waals surface area (Å²) < 4.78 is 22.6. The van der Waals surface area contributed by atoms with E-state index in [-0.39, 0.29) is 23.9 Å². The summed E-state index contributed by atoms with van der Waals surface area (Å²) in [6.07, 6.45) is 0.334. The SMILES string of the molecule is O=Cc1oc(CF)cc(=O)c1OCc1ccccc1. The maximum Gasteiger partial charge on any atom is 0.227 e. The predicted molar refractivity (Wildman–Crippen MR) is 66.0 cm³/mol. The molecule has 1 aromatic carbocycles. The number of halogens is 1. The molecule has 1 aromatic heterocycles. The summed E-state index contributed by atoms with van der Waals surface area (Å²) in [6.45, 7) is -0.823.